The van der Waals surface area contributed by atoms with Crippen LogP contribution in [0.25, 0.3) is 11.3 Å². The minimum Gasteiger partial charge on any atom is -0.337 e. The van der Waals surface area contributed by atoms with Crippen molar-refractivity contribution in [3.05, 3.63) is 88.3 Å². The Morgan fingerprint density at radius 1 is 1.00 bits per heavy atom. The minimum absolute atomic E-state index is 0.634. The second-order valence-corrected chi connectivity index (χ2v) is 8.47. The Labute approximate surface area is 185 Å². The van der Waals surface area contributed by atoms with E-state index in [1.165, 1.54) is 33.4 Å². The molecule has 0 radical (unpaired) electrons. The monoisotopic (exact) mass is 410 g/mol. The normalized spacial score (nSPS) is 15.2. The number of aliphatic imine (C=N–C) groups is 2. The highest BCUT2D eigenvalue weighted by molar-refractivity contribution is 6.46. The molecule has 158 valence electrons. The molecule has 2 heterocycles. The van der Waals surface area contributed by atoms with Crippen molar-refractivity contribution in [2.24, 2.45) is 9.98 Å². The van der Waals surface area contributed by atoms with E-state index in [2.05, 4.69) is 86.7 Å². The lowest BCUT2D eigenvalue weighted by molar-refractivity contribution is 0.765. The van der Waals surface area contributed by atoms with E-state index in [-0.39, 0.29) is 0 Å². The van der Waals surface area contributed by atoms with Crippen molar-refractivity contribution in [3.63, 3.8) is 0 Å². The van der Waals surface area contributed by atoms with Crippen LogP contribution in [0.2, 0.25) is 0 Å². The third-order valence-corrected chi connectivity index (χ3v) is 6.26. The average molecular weight is 411 g/mol. The third-order valence-electron chi connectivity index (χ3n) is 6.26. The molecule has 0 fully saturated rings. The van der Waals surface area contributed by atoms with E-state index in [4.69, 9.17) is 4.99 Å². The Hall–Kier alpha value is -3.40. The van der Waals surface area contributed by atoms with Crippen molar-refractivity contribution in [1.29, 1.82) is 0 Å². The minimum atomic E-state index is 0.634. The highest BCUT2D eigenvalue weighted by Crippen LogP contribution is 2.31. The van der Waals surface area contributed by atoms with Crippen LogP contribution in [0.4, 0.5) is 5.69 Å². The Bertz CT molecular complexity index is 1210. The summed E-state index contributed by atoms with van der Waals surface area (Å²) in [6.45, 7) is 17.5. The van der Waals surface area contributed by atoms with Crippen LogP contribution in [0.15, 0.2) is 59.3 Å². The fourth-order valence-electron chi connectivity index (χ4n) is 4.18. The number of anilines is 1. The van der Waals surface area contributed by atoms with Gasteiger partial charge in [-0.05, 0) is 93.1 Å². The Balaban J connectivity index is 1.66. The van der Waals surface area contributed by atoms with Gasteiger partial charge in [-0.2, -0.15) is 0 Å². The van der Waals surface area contributed by atoms with Gasteiger partial charge in [-0.1, -0.05) is 24.3 Å². The zero-order valence-corrected chi connectivity index (χ0v) is 19.3. The number of nitrogens with one attached hydrogen (secondary N) is 1. The number of benzene rings is 2. The first kappa shape index (κ1) is 20.9. The van der Waals surface area contributed by atoms with E-state index in [0.717, 1.165) is 34.2 Å². The van der Waals surface area contributed by atoms with Gasteiger partial charge in [0.15, 0.2) is 11.7 Å². The van der Waals surface area contributed by atoms with E-state index >= 15 is 0 Å². The first-order valence-corrected chi connectivity index (χ1v) is 10.7. The molecule has 0 bridgehead atoms. The van der Waals surface area contributed by atoms with Crippen LogP contribution in [0.3, 0.4) is 0 Å². The van der Waals surface area contributed by atoms with Crippen LogP contribution >= 0.6 is 0 Å². The summed E-state index contributed by atoms with van der Waals surface area (Å²) >= 11 is 0. The van der Waals surface area contributed by atoms with Gasteiger partial charge in [0.25, 0.3) is 0 Å². The number of allylic oxidation sites excluding steroid dienone is 1. The summed E-state index contributed by atoms with van der Waals surface area (Å²) < 4.78 is 0. The first-order chi connectivity index (χ1) is 14.8. The molecule has 0 atom stereocenters. The molecular formula is C27H30N4. The lowest BCUT2D eigenvalue weighted by atomic mass is 9.95. The van der Waals surface area contributed by atoms with Crippen molar-refractivity contribution in [1.82, 2.24) is 4.90 Å². The molecule has 4 rings (SSSR count). The van der Waals surface area contributed by atoms with Crippen LogP contribution in [-0.4, -0.2) is 23.1 Å². The van der Waals surface area contributed by atoms with Gasteiger partial charge in [0.05, 0.1) is 12.2 Å². The molecule has 0 aromatic heterocycles. The zero-order valence-electron chi connectivity index (χ0n) is 19.3. The highest BCUT2D eigenvalue weighted by Gasteiger charge is 2.26. The smallest absolute Gasteiger partial charge is 0.176 e. The van der Waals surface area contributed by atoms with Crippen LogP contribution in [0.5, 0.6) is 0 Å². The molecule has 0 aliphatic carbocycles. The summed E-state index contributed by atoms with van der Waals surface area (Å²) in [6.07, 6.45) is 6.01. The summed E-state index contributed by atoms with van der Waals surface area (Å²) in [5.41, 5.74) is 12.0. The largest absolute Gasteiger partial charge is 0.337 e. The fraction of sp³-hybridized carbons (Fsp3) is 0.259. The van der Waals surface area contributed by atoms with E-state index in [9.17, 15) is 0 Å². The van der Waals surface area contributed by atoms with Crippen molar-refractivity contribution in [3.8, 4) is 0 Å². The molecule has 1 N–H and O–H groups in total. The van der Waals surface area contributed by atoms with Gasteiger partial charge < -0.3 is 5.32 Å². The fourth-order valence-corrected chi connectivity index (χ4v) is 4.18. The topological polar surface area (TPSA) is 40.0 Å². The van der Waals surface area contributed by atoms with Crippen LogP contribution in [0, 0.1) is 34.6 Å². The molecular weight excluding hydrogens is 380 g/mol. The van der Waals surface area contributed by atoms with Crippen LogP contribution < -0.4 is 5.32 Å². The Kier molecular flexibility index (Phi) is 5.40. The Morgan fingerprint density at radius 3 is 2.52 bits per heavy atom. The van der Waals surface area contributed by atoms with Gasteiger partial charge in [0.1, 0.15) is 0 Å². The molecule has 0 saturated heterocycles. The molecule has 0 amide bonds. The summed E-state index contributed by atoms with van der Waals surface area (Å²) in [5.74, 6) is 1.61. The maximum Gasteiger partial charge on any atom is 0.176 e. The van der Waals surface area contributed by atoms with Crippen LogP contribution in [-0.2, 0) is 0 Å². The third kappa shape index (κ3) is 3.74. The number of rotatable bonds is 3. The number of fused-ring (bicyclic) bond motifs is 1. The van der Waals surface area contributed by atoms with E-state index in [1.807, 2.05) is 19.3 Å². The van der Waals surface area contributed by atoms with Crippen molar-refractivity contribution in [2.75, 3.05) is 11.9 Å². The molecule has 2 aliphatic rings. The van der Waals surface area contributed by atoms with Crippen molar-refractivity contribution < 1.29 is 0 Å². The quantitative estimate of drug-likeness (QED) is 0.644. The summed E-state index contributed by atoms with van der Waals surface area (Å²) in [5, 5.41) is 3.53. The summed E-state index contributed by atoms with van der Waals surface area (Å²) in [4.78, 5) is 11.5. The van der Waals surface area contributed by atoms with Gasteiger partial charge in [-0.25, -0.2) is 4.99 Å². The first-order valence-electron chi connectivity index (χ1n) is 10.7. The number of hydrogen-bond donors (Lipinski definition) is 1. The average Bonchev–Trinajstić information content (AvgIpc) is 2.74. The van der Waals surface area contributed by atoms with E-state index < -0.39 is 0 Å². The van der Waals surface area contributed by atoms with Gasteiger partial charge in [0.2, 0.25) is 0 Å². The number of nitrogens with zero attached hydrogens (tertiary/aromatic N) is 3. The number of amidine groups is 2. The molecule has 0 spiro atoms. The lowest BCUT2D eigenvalue weighted by Crippen LogP contribution is -2.39. The molecule has 2 aliphatic heterocycles. The van der Waals surface area contributed by atoms with Gasteiger partial charge in [-0.3, -0.25) is 9.89 Å². The predicted molar refractivity (Wildman–Crippen MR) is 134 cm³/mol. The SMILES string of the molecule is C=C(C)c1cc(C)c(NC2=NC=CN3C(c4ccc(C)c(C)c4C)=CCN=C23)cc1C. The number of aryl methyl sites for hydroxylation is 3. The molecule has 0 saturated carbocycles. The van der Waals surface area contributed by atoms with Gasteiger partial charge >= 0.3 is 0 Å². The molecule has 2 aromatic rings. The maximum atomic E-state index is 4.78. The van der Waals surface area contributed by atoms with Crippen LogP contribution in [0.1, 0.15) is 45.9 Å². The maximum absolute atomic E-state index is 4.78. The van der Waals surface area contributed by atoms with E-state index in [1.54, 1.807) is 0 Å². The van der Waals surface area contributed by atoms with Gasteiger partial charge in [-0.15, -0.1) is 0 Å². The molecule has 2 aromatic carbocycles. The molecule has 0 unspecified atom stereocenters. The zero-order chi connectivity index (χ0) is 22.3. The van der Waals surface area contributed by atoms with E-state index in [0.29, 0.717) is 6.54 Å². The van der Waals surface area contributed by atoms with Gasteiger partial charge in [0, 0.05) is 23.7 Å². The summed E-state index contributed by atoms with van der Waals surface area (Å²) in [7, 11) is 0. The highest BCUT2D eigenvalue weighted by atomic mass is 15.3. The van der Waals surface area contributed by atoms with Crippen molar-refractivity contribution >= 4 is 28.6 Å². The molecule has 4 heteroatoms. The standard InChI is InChI=1S/C27H30N4/c1-16(2)23-14-19(5)24(15-18(23)4)30-26-27-29-11-10-25(31(27)13-12-28-26)22-9-8-17(3)20(6)21(22)7/h8-10,12-15H,1,11H2,2-7H3,(H,28,30). The number of hydrogen-bond acceptors (Lipinski definition) is 4. The molecule has 31 heavy (non-hydrogen) atoms. The summed E-state index contributed by atoms with van der Waals surface area (Å²) in [6, 6.07) is 8.75. The lowest BCUT2D eigenvalue weighted by Gasteiger charge is -2.32. The second kappa shape index (κ2) is 8.03. The van der Waals surface area contributed by atoms with Crippen molar-refractivity contribution in [2.45, 2.75) is 41.5 Å². The predicted octanol–water partition coefficient (Wildman–Crippen LogP) is 6.31. The second-order valence-electron chi connectivity index (χ2n) is 8.47. The molecule has 4 nitrogen and oxygen atoms in total. The Morgan fingerprint density at radius 2 is 1.77 bits per heavy atom.